The van der Waals surface area contributed by atoms with Crippen LogP contribution in [-0.2, 0) is 9.59 Å². The molecule has 0 spiro atoms. The average Bonchev–Trinajstić information content (AvgIpc) is 3.30. The second kappa shape index (κ2) is 7.70. The smallest absolute Gasteiger partial charge is 0.282 e. The van der Waals surface area contributed by atoms with Crippen molar-refractivity contribution in [1.82, 2.24) is 0 Å². The van der Waals surface area contributed by atoms with Gasteiger partial charge in [-0.15, -0.1) is 11.3 Å². The minimum atomic E-state index is -0.374. The Morgan fingerprint density at radius 3 is 2.50 bits per heavy atom. The Kier molecular flexibility index (Phi) is 4.95. The molecule has 2 amide bonds. The minimum absolute atomic E-state index is 0.268. The fourth-order valence-corrected chi connectivity index (χ4v) is 3.85. The van der Waals surface area contributed by atoms with Crippen LogP contribution in [0.5, 0.6) is 5.75 Å². The number of hydrogen-bond donors (Lipinski definition) is 1. The van der Waals surface area contributed by atoms with E-state index in [9.17, 15) is 9.59 Å². The quantitative estimate of drug-likeness (QED) is 0.628. The lowest BCUT2D eigenvalue weighted by Gasteiger charge is -2.15. The summed E-state index contributed by atoms with van der Waals surface area (Å²) in [5.41, 5.74) is 1.88. The van der Waals surface area contributed by atoms with Gasteiger partial charge < -0.3 is 10.1 Å². The first kappa shape index (κ1) is 18.0. The first-order chi connectivity index (χ1) is 13.7. The molecule has 0 saturated heterocycles. The zero-order valence-corrected chi connectivity index (χ0v) is 16.0. The monoisotopic (exact) mass is 390 g/mol. The standard InChI is InChI=1S/C22H18N2O3S/c1-2-27-17-11-6-8-15(14-17)23-20-19(18-12-7-13-28-18)21(25)24(22(20)26)16-9-4-3-5-10-16/h3-14,23H,2H2,1H3. The predicted molar refractivity (Wildman–Crippen MR) is 111 cm³/mol. The fourth-order valence-electron chi connectivity index (χ4n) is 3.08. The van der Waals surface area contributed by atoms with Gasteiger partial charge in [-0.25, -0.2) is 4.90 Å². The molecule has 0 unspecified atom stereocenters. The summed E-state index contributed by atoms with van der Waals surface area (Å²) in [5.74, 6) is -0.00835. The molecule has 28 heavy (non-hydrogen) atoms. The number of carbonyl (C=O) groups excluding carboxylic acids is 2. The number of rotatable bonds is 6. The zero-order chi connectivity index (χ0) is 19.5. The van der Waals surface area contributed by atoms with Crippen molar-refractivity contribution in [2.45, 2.75) is 6.92 Å². The number of amides is 2. The van der Waals surface area contributed by atoms with Crippen molar-refractivity contribution >= 4 is 40.1 Å². The third kappa shape index (κ3) is 3.30. The second-order valence-corrected chi connectivity index (χ2v) is 7.04. The molecule has 1 aliphatic heterocycles. The summed E-state index contributed by atoms with van der Waals surface area (Å²) in [5, 5.41) is 5.04. The summed E-state index contributed by atoms with van der Waals surface area (Å²) in [6.45, 7) is 2.46. The number of ether oxygens (including phenoxy) is 1. The molecular weight excluding hydrogens is 372 g/mol. The molecule has 3 aromatic rings. The molecule has 6 heteroatoms. The van der Waals surface area contributed by atoms with Gasteiger partial charge in [-0.3, -0.25) is 9.59 Å². The number of hydrogen-bond acceptors (Lipinski definition) is 5. The lowest BCUT2D eigenvalue weighted by molar-refractivity contribution is -0.120. The Bertz CT molecular complexity index is 1040. The summed E-state index contributed by atoms with van der Waals surface area (Å²) in [6.07, 6.45) is 0. The number of nitrogens with zero attached hydrogens (tertiary/aromatic N) is 1. The molecule has 0 atom stereocenters. The van der Waals surface area contributed by atoms with Gasteiger partial charge in [0.25, 0.3) is 11.8 Å². The van der Waals surface area contributed by atoms with Crippen LogP contribution in [0.4, 0.5) is 11.4 Å². The van der Waals surface area contributed by atoms with E-state index >= 15 is 0 Å². The van der Waals surface area contributed by atoms with Gasteiger partial charge in [0.1, 0.15) is 11.4 Å². The van der Waals surface area contributed by atoms with Gasteiger partial charge in [-0.1, -0.05) is 30.3 Å². The van der Waals surface area contributed by atoms with Gasteiger partial charge >= 0.3 is 0 Å². The third-order valence-corrected chi connectivity index (χ3v) is 5.17. The second-order valence-electron chi connectivity index (χ2n) is 6.09. The third-order valence-electron chi connectivity index (χ3n) is 4.28. The molecule has 1 aliphatic rings. The molecule has 0 radical (unpaired) electrons. The van der Waals surface area contributed by atoms with E-state index in [0.717, 1.165) is 4.88 Å². The molecule has 0 fully saturated rings. The predicted octanol–water partition coefficient (Wildman–Crippen LogP) is 4.54. The maximum Gasteiger partial charge on any atom is 0.282 e. The molecule has 2 aromatic carbocycles. The van der Waals surface area contributed by atoms with Gasteiger partial charge in [-0.05, 0) is 42.6 Å². The first-order valence-corrected chi connectivity index (χ1v) is 9.79. The van der Waals surface area contributed by atoms with Gasteiger partial charge in [-0.2, -0.15) is 0 Å². The molecule has 1 N–H and O–H groups in total. The Morgan fingerprint density at radius 1 is 0.964 bits per heavy atom. The largest absolute Gasteiger partial charge is 0.494 e. The number of para-hydroxylation sites is 1. The van der Waals surface area contributed by atoms with Crippen molar-refractivity contribution in [3.05, 3.63) is 82.7 Å². The summed E-state index contributed by atoms with van der Waals surface area (Å²) >= 11 is 1.43. The van der Waals surface area contributed by atoms with E-state index in [2.05, 4.69) is 5.32 Å². The molecule has 4 rings (SSSR count). The normalized spacial score (nSPS) is 14.0. The van der Waals surface area contributed by atoms with Crippen molar-refractivity contribution in [2.24, 2.45) is 0 Å². The van der Waals surface area contributed by atoms with Crippen molar-refractivity contribution in [3.63, 3.8) is 0 Å². The van der Waals surface area contributed by atoms with Crippen LogP contribution in [0.25, 0.3) is 5.57 Å². The molecule has 0 aliphatic carbocycles. The summed E-state index contributed by atoms with van der Waals surface area (Å²) < 4.78 is 5.53. The van der Waals surface area contributed by atoms with Crippen LogP contribution in [0.15, 0.2) is 77.8 Å². The molecule has 0 bridgehead atoms. The van der Waals surface area contributed by atoms with Crippen molar-refractivity contribution in [1.29, 1.82) is 0 Å². The lowest BCUT2D eigenvalue weighted by atomic mass is 10.2. The van der Waals surface area contributed by atoms with Crippen molar-refractivity contribution < 1.29 is 14.3 Å². The Balaban J connectivity index is 1.76. The van der Waals surface area contributed by atoms with Crippen LogP contribution >= 0.6 is 11.3 Å². The van der Waals surface area contributed by atoms with E-state index in [0.29, 0.717) is 29.3 Å². The fraction of sp³-hybridized carbons (Fsp3) is 0.0909. The highest BCUT2D eigenvalue weighted by Gasteiger charge is 2.40. The van der Waals surface area contributed by atoms with Crippen LogP contribution in [0.1, 0.15) is 11.8 Å². The Morgan fingerprint density at radius 2 is 1.79 bits per heavy atom. The Labute approximate surface area is 166 Å². The van der Waals surface area contributed by atoms with Crippen LogP contribution in [-0.4, -0.2) is 18.4 Å². The summed E-state index contributed by atoms with van der Waals surface area (Å²) in [6, 6.07) is 20.0. The molecular formula is C22H18N2O3S. The molecule has 5 nitrogen and oxygen atoms in total. The Hall–Kier alpha value is -3.38. The lowest BCUT2D eigenvalue weighted by Crippen LogP contribution is -2.32. The SMILES string of the molecule is CCOc1cccc(NC2=C(c3cccs3)C(=O)N(c3ccccc3)C2=O)c1. The number of nitrogens with one attached hydrogen (secondary N) is 1. The zero-order valence-electron chi connectivity index (χ0n) is 15.2. The van der Waals surface area contributed by atoms with E-state index in [1.807, 2.05) is 54.8 Å². The summed E-state index contributed by atoms with van der Waals surface area (Å²) in [4.78, 5) is 28.3. The molecule has 0 saturated carbocycles. The first-order valence-electron chi connectivity index (χ1n) is 8.91. The van der Waals surface area contributed by atoms with E-state index in [4.69, 9.17) is 4.74 Å². The van der Waals surface area contributed by atoms with E-state index in [1.165, 1.54) is 16.2 Å². The minimum Gasteiger partial charge on any atom is -0.494 e. The van der Waals surface area contributed by atoms with E-state index in [1.54, 1.807) is 24.3 Å². The summed E-state index contributed by atoms with van der Waals surface area (Å²) in [7, 11) is 0. The van der Waals surface area contributed by atoms with Crippen molar-refractivity contribution in [2.75, 3.05) is 16.8 Å². The van der Waals surface area contributed by atoms with Crippen LogP contribution in [0, 0.1) is 0 Å². The van der Waals surface area contributed by atoms with E-state index < -0.39 is 0 Å². The molecule has 1 aromatic heterocycles. The van der Waals surface area contributed by atoms with Crippen molar-refractivity contribution in [3.8, 4) is 5.75 Å². The van der Waals surface area contributed by atoms with E-state index in [-0.39, 0.29) is 17.5 Å². The maximum absolute atomic E-state index is 13.2. The average molecular weight is 390 g/mol. The number of thiophene rings is 1. The van der Waals surface area contributed by atoms with Gasteiger partial charge in [0.05, 0.1) is 17.9 Å². The molecule has 140 valence electrons. The van der Waals surface area contributed by atoms with Gasteiger partial charge in [0.15, 0.2) is 0 Å². The highest BCUT2D eigenvalue weighted by molar-refractivity contribution is 7.11. The number of benzene rings is 2. The van der Waals surface area contributed by atoms with Crippen LogP contribution in [0.3, 0.4) is 0 Å². The highest BCUT2D eigenvalue weighted by Crippen LogP contribution is 2.35. The van der Waals surface area contributed by atoms with Gasteiger partial charge in [0, 0.05) is 16.6 Å². The highest BCUT2D eigenvalue weighted by atomic mass is 32.1. The topological polar surface area (TPSA) is 58.6 Å². The number of anilines is 2. The number of carbonyl (C=O) groups is 2. The number of imide groups is 1. The van der Waals surface area contributed by atoms with Crippen LogP contribution < -0.4 is 15.0 Å². The maximum atomic E-state index is 13.2. The molecule has 2 heterocycles. The van der Waals surface area contributed by atoms with Gasteiger partial charge in [0.2, 0.25) is 0 Å². The van der Waals surface area contributed by atoms with Crippen LogP contribution in [0.2, 0.25) is 0 Å².